The molecular weight excluding hydrogens is 340 g/mol. The van der Waals surface area contributed by atoms with Crippen molar-refractivity contribution in [3.05, 3.63) is 34.4 Å². The van der Waals surface area contributed by atoms with E-state index in [-0.39, 0.29) is 36.0 Å². The molecule has 0 saturated carbocycles. The largest absolute Gasteiger partial charge is 0.386 e. The van der Waals surface area contributed by atoms with E-state index in [9.17, 15) is 19.7 Å². The monoisotopic (exact) mass is 362 g/mol. The number of carbonyl (C=O) groups is 2. The molecule has 26 heavy (non-hydrogen) atoms. The van der Waals surface area contributed by atoms with E-state index in [1.807, 2.05) is 13.8 Å². The van der Waals surface area contributed by atoms with Gasteiger partial charge >= 0.3 is 0 Å². The number of hydrogen-bond donors (Lipinski definition) is 1. The van der Waals surface area contributed by atoms with E-state index in [1.54, 1.807) is 4.90 Å². The second-order valence-electron chi connectivity index (χ2n) is 6.23. The second-order valence-corrected chi connectivity index (χ2v) is 6.23. The number of oxime groups is 1. The van der Waals surface area contributed by atoms with E-state index in [4.69, 9.17) is 4.84 Å². The first kappa shape index (κ1) is 19.4. The van der Waals surface area contributed by atoms with Crippen LogP contribution in [0.4, 0.5) is 11.4 Å². The zero-order valence-corrected chi connectivity index (χ0v) is 14.8. The Balaban J connectivity index is 1.81. The van der Waals surface area contributed by atoms with E-state index < -0.39 is 10.8 Å². The number of non-ortho nitro benzene ring substituents is 1. The van der Waals surface area contributed by atoms with Crippen LogP contribution in [-0.4, -0.2) is 46.5 Å². The van der Waals surface area contributed by atoms with Crippen LogP contribution in [0.25, 0.3) is 0 Å². The molecule has 9 heteroatoms. The highest BCUT2D eigenvalue weighted by Gasteiger charge is 2.28. The van der Waals surface area contributed by atoms with E-state index in [2.05, 4.69) is 10.5 Å². The van der Waals surface area contributed by atoms with Crippen molar-refractivity contribution in [3.8, 4) is 0 Å². The summed E-state index contributed by atoms with van der Waals surface area (Å²) in [6.07, 6.45) is 3.91. The Kier molecular flexibility index (Phi) is 6.65. The molecule has 1 aliphatic rings. The van der Waals surface area contributed by atoms with Gasteiger partial charge in [0, 0.05) is 29.9 Å². The molecule has 0 bridgehead atoms. The van der Waals surface area contributed by atoms with Gasteiger partial charge in [-0.3, -0.25) is 19.7 Å². The summed E-state index contributed by atoms with van der Waals surface area (Å²) in [5.74, 6) is -0.779. The molecule has 1 aromatic rings. The summed E-state index contributed by atoms with van der Waals surface area (Å²) in [6.45, 7) is 3.77. The topological polar surface area (TPSA) is 114 Å². The molecule has 0 aliphatic carbocycles. The van der Waals surface area contributed by atoms with Crippen LogP contribution >= 0.6 is 0 Å². The van der Waals surface area contributed by atoms with Crippen LogP contribution in [0.5, 0.6) is 0 Å². The van der Waals surface area contributed by atoms with Gasteiger partial charge in [-0.05, 0) is 39.2 Å². The molecule has 0 spiro atoms. The Bertz CT molecular complexity index is 696. The third-order valence-electron chi connectivity index (χ3n) is 4.24. The second kappa shape index (κ2) is 8.93. The van der Waals surface area contributed by atoms with Crippen molar-refractivity contribution in [3.63, 3.8) is 0 Å². The predicted molar refractivity (Wildman–Crippen MR) is 95.8 cm³/mol. The quantitative estimate of drug-likeness (QED) is 0.474. The summed E-state index contributed by atoms with van der Waals surface area (Å²) in [6, 6.07) is 5.85. The number of rotatable bonds is 6. The maximum atomic E-state index is 12.2. The number of nitrogens with zero attached hydrogens (tertiary/aromatic N) is 3. The zero-order chi connectivity index (χ0) is 19.1. The highest BCUT2D eigenvalue weighted by molar-refractivity contribution is 6.31. The molecule has 2 atom stereocenters. The first-order chi connectivity index (χ1) is 12.4. The van der Waals surface area contributed by atoms with Crippen LogP contribution < -0.4 is 5.32 Å². The lowest BCUT2D eigenvalue weighted by atomic mass is 9.97. The van der Waals surface area contributed by atoms with Gasteiger partial charge in [-0.2, -0.15) is 0 Å². The smallest absolute Gasteiger partial charge is 0.271 e. The number of anilines is 1. The molecule has 0 aromatic heterocycles. The number of benzene rings is 1. The number of likely N-dealkylation sites (tertiary alicyclic amines) is 1. The van der Waals surface area contributed by atoms with E-state index in [0.717, 1.165) is 25.5 Å². The van der Waals surface area contributed by atoms with Crippen LogP contribution in [0.15, 0.2) is 29.4 Å². The lowest BCUT2D eigenvalue weighted by Crippen LogP contribution is -2.48. The van der Waals surface area contributed by atoms with Gasteiger partial charge in [0.25, 0.3) is 17.5 Å². The molecule has 1 saturated heterocycles. The molecule has 1 aromatic carbocycles. The van der Waals surface area contributed by atoms with Crippen LogP contribution in [0.3, 0.4) is 0 Å². The summed E-state index contributed by atoms with van der Waals surface area (Å²) >= 11 is 0. The molecule has 2 rings (SSSR count). The normalized spacial score (nSPS) is 20.0. The number of piperidine rings is 1. The van der Waals surface area contributed by atoms with Crippen molar-refractivity contribution in [1.82, 2.24) is 4.90 Å². The molecule has 140 valence electrons. The zero-order valence-electron chi connectivity index (χ0n) is 14.8. The van der Waals surface area contributed by atoms with E-state index in [0.29, 0.717) is 0 Å². The van der Waals surface area contributed by atoms with Gasteiger partial charge < -0.3 is 15.1 Å². The van der Waals surface area contributed by atoms with Crippen molar-refractivity contribution in [1.29, 1.82) is 0 Å². The Morgan fingerprint density at radius 2 is 2.08 bits per heavy atom. The lowest BCUT2D eigenvalue weighted by Gasteiger charge is -2.38. The molecule has 2 amide bonds. The predicted octanol–water partition coefficient (Wildman–Crippen LogP) is 2.33. The molecule has 1 heterocycles. The first-order valence-corrected chi connectivity index (χ1v) is 8.40. The fraction of sp³-hybridized carbons (Fsp3) is 0.471. The van der Waals surface area contributed by atoms with Gasteiger partial charge in [0.05, 0.1) is 4.92 Å². The van der Waals surface area contributed by atoms with Gasteiger partial charge in [0.15, 0.2) is 6.61 Å². The van der Waals surface area contributed by atoms with Crippen molar-refractivity contribution in [2.75, 3.05) is 11.9 Å². The number of nitro benzene ring substituents is 1. The van der Waals surface area contributed by atoms with Gasteiger partial charge in [-0.1, -0.05) is 11.2 Å². The maximum Gasteiger partial charge on any atom is 0.271 e. The highest BCUT2D eigenvalue weighted by atomic mass is 16.6. The number of nitro groups is 1. The van der Waals surface area contributed by atoms with Crippen LogP contribution in [-0.2, 0) is 14.4 Å². The van der Waals surface area contributed by atoms with Gasteiger partial charge in [-0.25, -0.2) is 0 Å². The summed E-state index contributed by atoms with van der Waals surface area (Å²) < 4.78 is 0. The van der Waals surface area contributed by atoms with Gasteiger partial charge in [-0.15, -0.1) is 0 Å². The molecule has 1 aliphatic heterocycles. The fourth-order valence-electron chi connectivity index (χ4n) is 3.04. The average Bonchev–Trinajstić information content (AvgIpc) is 2.59. The van der Waals surface area contributed by atoms with Crippen molar-refractivity contribution < 1.29 is 19.3 Å². The highest BCUT2D eigenvalue weighted by Crippen LogP contribution is 2.22. The molecule has 0 unspecified atom stereocenters. The third-order valence-corrected chi connectivity index (χ3v) is 4.24. The summed E-state index contributed by atoms with van der Waals surface area (Å²) in [7, 11) is 0. The van der Waals surface area contributed by atoms with Gasteiger partial charge in [0.1, 0.15) is 6.21 Å². The van der Waals surface area contributed by atoms with Crippen LogP contribution in [0.2, 0.25) is 0 Å². The Morgan fingerprint density at radius 1 is 1.38 bits per heavy atom. The molecule has 9 nitrogen and oxygen atoms in total. The average molecular weight is 362 g/mol. The minimum Gasteiger partial charge on any atom is -0.386 e. The van der Waals surface area contributed by atoms with Crippen LogP contribution in [0, 0.1) is 10.1 Å². The minimum atomic E-state index is -0.613. The lowest BCUT2D eigenvalue weighted by molar-refractivity contribution is -0.384. The Morgan fingerprint density at radius 3 is 2.73 bits per heavy atom. The van der Waals surface area contributed by atoms with E-state index in [1.165, 1.54) is 24.3 Å². The number of carbonyl (C=O) groups excluding carboxylic acids is 2. The van der Waals surface area contributed by atoms with Crippen molar-refractivity contribution >= 4 is 29.4 Å². The molecule has 0 radical (unpaired) electrons. The Labute approximate surface area is 151 Å². The van der Waals surface area contributed by atoms with Gasteiger partial charge in [0.2, 0.25) is 0 Å². The van der Waals surface area contributed by atoms with E-state index >= 15 is 0 Å². The third kappa shape index (κ3) is 5.27. The maximum absolute atomic E-state index is 12.2. The van der Waals surface area contributed by atoms with Crippen molar-refractivity contribution in [2.45, 2.75) is 45.2 Å². The van der Waals surface area contributed by atoms with Crippen molar-refractivity contribution in [2.24, 2.45) is 5.16 Å². The minimum absolute atomic E-state index is 0.133. The first-order valence-electron chi connectivity index (χ1n) is 8.40. The number of nitrogens with one attached hydrogen (secondary N) is 1. The SMILES string of the molecule is C[C@@H]1CCC[C@@H](C)N1C(=O)CO/N=C\C(=O)Nc1cccc([N+](=O)[O-])c1. The summed E-state index contributed by atoms with van der Waals surface area (Å²) in [5.41, 5.74) is 0.133. The molecule has 1 N–H and O–H groups in total. The fourth-order valence-corrected chi connectivity index (χ4v) is 3.04. The molecular formula is C17H22N4O5. The Hall–Kier alpha value is -2.97. The standard InChI is InChI=1S/C17H22N4O5/c1-12-5-3-6-13(2)20(12)17(23)11-26-18-10-16(22)19-14-7-4-8-15(9-14)21(24)25/h4,7-10,12-13H,3,5-6,11H2,1-2H3,(H,19,22)/b18-10-/t12-,13-/m1/s1. The molecule has 1 fully saturated rings. The summed E-state index contributed by atoms with van der Waals surface area (Å²) in [4.78, 5) is 40.8. The number of hydrogen-bond acceptors (Lipinski definition) is 6. The summed E-state index contributed by atoms with van der Waals surface area (Å²) in [5, 5.41) is 16.6. The number of amides is 2. The van der Waals surface area contributed by atoms with Crippen LogP contribution in [0.1, 0.15) is 33.1 Å².